The van der Waals surface area contributed by atoms with E-state index in [1.807, 2.05) is 37.3 Å². The van der Waals surface area contributed by atoms with Gasteiger partial charge in [-0.3, -0.25) is 5.10 Å². The van der Waals surface area contributed by atoms with Crippen molar-refractivity contribution in [3.63, 3.8) is 0 Å². The highest BCUT2D eigenvalue weighted by atomic mass is 16.5. The van der Waals surface area contributed by atoms with Crippen molar-refractivity contribution in [1.29, 1.82) is 0 Å². The third-order valence-electron chi connectivity index (χ3n) is 4.25. The number of rotatable bonds is 3. The zero-order valence-corrected chi connectivity index (χ0v) is 13.8. The summed E-state index contributed by atoms with van der Waals surface area (Å²) < 4.78 is 11.0. The number of nitrogens with one attached hydrogen (secondary N) is 1. The monoisotopic (exact) mass is 319 g/mol. The number of aryl methyl sites for hydroxylation is 1. The molecule has 0 saturated heterocycles. The van der Waals surface area contributed by atoms with E-state index in [0.717, 1.165) is 38.8 Å². The summed E-state index contributed by atoms with van der Waals surface area (Å²) in [5.41, 5.74) is 4.45. The molecule has 0 aliphatic rings. The van der Waals surface area contributed by atoms with Crippen LogP contribution >= 0.6 is 0 Å². The van der Waals surface area contributed by atoms with Gasteiger partial charge in [0.15, 0.2) is 11.5 Å². The fourth-order valence-corrected chi connectivity index (χ4v) is 3.11. The summed E-state index contributed by atoms with van der Waals surface area (Å²) in [6, 6.07) is 14.0. The first kappa shape index (κ1) is 14.5. The lowest BCUT2D eigenvalue weighted by molar-refractivity contribution is 0.356. The van der Waals surface area contributed by atoms with Crippen LogP contribution in [0.4, 0.5) is 0 Å². The average Bonchev–Trinajstić information content (AvgIpc) is 3.01. The van der Waals surface area contributed by atoms with E-state index in [0.29, 0.717) is 11.5 Å². The van der Waals surface area contributed by atoms with Crippen LogP contribution in [0.1, 0.15) is 5.69 Å². The number of pyridine rings is 1. The molecule has 0 unspecified atom stereocenters. The summed E-state index contributed by atoms with van der Waals surface area (Å²) in [7, 11) is 3.28. The molecule has 0 bridgehead atoms. The zero-order chi connectivity index (χ0) is 16.7. The van der Waals surface area contributed by atoms with Crippen molar-refractivity contribution >= 4 is 21.8 Å². The summed E-state index contributed by atoms with van der Waals surface area (Å²) in [6.45, 7) is 1.95. The molecule has 0 amide bonds. The van der Waals surface area contributed by atoms with Crippen LogP contribution in [0.3, 0.4) is 0 Å². The number of aromatic amines is 1. The first-order valence-electron chi connectivity index (χ1n) is 7.69. The Morgan fingerprint density at radius 3 is 2.46 bits per heavy atom. The van der Waals surface area contributed by atoms with Crippen LogP contribution in [-0.2, 0) is 0 Å². The van der Waals surface area contributed by atoms with Crippen LogP contribution in [0.25, 0.3) is 33.1 Å². The van der Waals surface area contributed by atoms with Crippen molar-refractivity contribution in [2.45, 2.75) is 6.92 Å². The summed E-state index contributed by atoms with van der Waals surface area (Å²) in [5, 5.41) is 9.53. The van der Waals surface area contributed by atoms with Gasteiger partial charge < -0.3 is 9.47 Å². The predicted octanol–water partition coefficient (Wildman–Crippen LogP) is 4.10. The van der Waals surface area contributed by atoms with E-state index in [2.05, 4.69) is 22.3 Å². The minimum atomic E-state index is 0.679. The molecule has 0 fully saturated rings. The Bertz CT molecular complexity index is 1050. The molecule has 2 aromatic heterocycles. The molecule has 4 aromatic rings. The third-order valence-corrected chi connectivity index (χ3v) is 4.25. The van der Waals surface area contributed by atoms with Gasteiger partial charge in [0.1, 0.15) is 5.52 Å². The largest absolute Gasteiger partial charge is 0.493 e. The van der Waals surface area contributed by atoms with Crippen LogP contribution in [0.15, 0.2) is 42.5 Å². The van der Waals surface area contributed by atoms with Gasteiger partial charge in [-0.1, -0.05) is 30.3 Å². The molecule has 2 heterocycles. The molecule has 0 aliphatic heterocycles. The number of hydrogen-bond acceptors (Lipinski definition) is 4. The van der Waals surface area contributed by atoms with Crippen LogP contribution in [0.2, 0.25) is 0 Å². The minimum Gasteiger partial charge on any atom is -0.493 e. The van der Waals surface area contributed by atoms with Crippen molar-refractivity contribution < 1.29 is 9.47 Å². The summed E-state index contributed by atoms with van der Waals surface area (Å²) in [4.78, 5) is 4.89. The van der Waals surface area contributed by atoms with Gasteiger partial charge in [0.2, 0.25) is 0 Å². The number of benzene rings is 2. The fourth-order valence-electron chi connectivity index (χ4n) is 3.11. The van der Waals surface area contributed by atoms with Crippen molar-refractivity contribution in [3.8, 4) is 22.8 Å². The molecular weight excluding hydrogens is 302 g/mol. The number of hydrogen-bond donors (Lipinski definition) is 1. The molecule has 1 N–H and O–H groups in total. The Morgan fingerprint density at radius 2 is 1.71 bits per heavy atom. The molecule has 5 heteroatoms. The molecule has 120 valence electrons. The van der Waals surface area contributed by atoms with Gasteiger partial charge in [-0.2, -0.15) is 5.10 Å². The highest BCUT2D eigenvalue weighted by molar-refractivity contribution is 6.10. The highest BCUT2D eigenvalue weighted by Crippen LogP contribution is 2.41. The van der Waals surface area contributed by atoms with Gasteiger partial charge in [0.05, 0.1) is 31.1 Å². The Morgan fingerprint density at radius 1 is 0.917 bits per heavy atom. The van der Waals surface area contributed by atoms with E-state index in [4.69, 9.17) is 14.5 Å². The van der Waals surface area contributed by atoms with Crippen molar-refractivity contribution in [2.24, 2.45) is 0 Å². The van der Waals surface area contributed by atoms with Crippen molar-refractivity contribution in [3.05, 3.63) is 48.2 Å². The lowest BCUT2D eigenvalue weighted by Gasteiger charge is -2.14. The highest BCUT2D eigenvalue weighted by Gasteiger charge is 2.18. The second-order valence-corrected chi connectivity index (χ2v) is 5.58. The Labute approximate surface area is 139 Å². The van der Waals surface area contributed by atoms with Crippen LogP contribution < -0.4 is 9.47 Å². The maximum atomic E-state index is 5.61. The van der Waals surface area contributed by atoms with E-state index < -0.39 is 0 Å². The lowest BCUT2D eigenvalue weighted by Crippen LogP contribution is -1.96. The SMILES string of the molecule is COc1cccc(-c2nc3c(C)n[nH]c3c3ccccc23)c1OC. The van der Waals surface area contributed by atoms with E-state index >= 15 is 0 Å². The van der Waals surface area contributed by atoms with Gasteiger partial charge in [-0.05, 0) is 19.1 Å². The maximum Gasteiger partial charge on any atom is 0.170 e. The third kappa shape index (κ3) is 2.01. The summed E-state index contributed by atoms with van der Waals surface area (Å²) in [5.74, 6) is 1.36. The number of methoxy groups -OCH3 is 2. The standard InChI is InChI=1S/C19H17N3O2/c1-11-16-18(22-21-11)13-8-5-4-7-12(13)17(20-16)14-9-6-10-15(23-2)19(14)24-3/h4-10H,1-3H3,(H,21,22). The molecule has 0 saturated carbocycles. The molecule has 0 atom stereocenters. The van der Waals surface area contributed by atoms with Crippen LogP contribution in [0.5, 0.6) is 11.5 Å². The Hall–Kier alpha value is -3.08. The molecule has 0 radical (unpaired) electrons. The number of H-pyrrole nitrogens is 1. The summed E-state index contributed by atoms with van der Waals surface area (Å²) >= 11 is 0. The van der Waals surface area contributed by atoms with Gasteiger partial charge in [0.25, 0.3) is 0 Å². The normalized spacial score (nSPS) is 11.1. The summed E-state index contributed by atoms with van der Waals surface area (Å²) in [6.07, 6.45) is 0. The van der Waals surface area contributed by atoms with E-state index in [-0.39, 0.29) is 0 Å². The molecule has 0 aliphatic carbocycles. The fraction of sp³-hybridized carbons (Fsp3) is 0.158. The Balaban J connectivity index is 2.15. The van der Waals surface area contributed by atoms with Gasteiger partial charge >= 0.3 is 0 Å². The first-order valence-corrected chi connectivity index (χ1v) is 7.69. The quantitative estimate of drug-likeness (QED) is 0.617. The number of ether oxygens (including phenoxy) is 2. The second-order valence-electron chi connectivity index (χ2n) is 5.58. The molecule has 4 rings (SSSR count). The number of fused-ring (bicyclic) bond motifs is 3. The zero-order valence-electron chi connectivity index (χ0n) is 13.8. The van der Waals surface area contributed by atoms with Gasteiger partial charge in [-0.25, -0.2) is 4.98 Å². The number of aromatic nitrogens is 3. The van der Waals surface area contributed by atoms with E-state index in [1.165, 1.54) is 0 Å². The number of para-hydroxylation sites is 1. The van der Waals surface area contributed by atoms with Crippen LogP contribution in [-0.4, -0.2) is 29.4 Å². The van der Waals surface area contributed by atoms with Gasteiger partial charge in [-0.15, -0.1) is 0 Å². The second kappa shape index (κ2) is 5.53. The molecule has 0 spiro atoms. The first-order chi connectivity index (χ1) is 11.7. The van der Waals surface area contributed by atoms with E-state index in [1.54, 1.807) is 14.2 Å². The minimum absolute atomic E-state index is 0.679. The number of nitrogens with zero attached hydrogens (tertiary/aromatic N) is 2. The van der Waals surface area contributed by atoms with Gasteiger partial charge in [0, 0.05) is 16.3 Å². The lowest BCUT2D eigenvalue weighted by atomic mass is 10.0. The van der Waals surface area contributed by atoms with Crippen LogP contribution in [0, 0.1) is 6.92 Å². The molecule has 24 heavy (non-hydrogen) atoms. The smallest absolute Gasteiger partial charge is 0.170 e. The topological polar surface area (TPSA) is 60.0 Å². The maximum absolute atomic E-state index is 5.61. The molecule has 5 nitrogen and oxygen atoms in total. The molecular formula is C19H17N3O2. The van der Waals surface area contributed by atoms with Crippen molar-refractivity contribution in [2.75, 3.05) is 14.2 Å². The van der Waals surface area contributed by atoms with Crippen molar-refractivity contribution in [1.82, 2.24) is 15.2 Å². The predicted molar refractivity (Wildman–Crippen MR) is 94.7 cm³/mol. The Kier molecular flexibility index (Phi) is 3.34. The molecule has 2 aromatic carbocycles. The average molecular weight is 319 g/mol. The van der Waals surface area contributed by atoms with E-state index in [9.17, 15) is 0 Å².